The molecule has 0 radical (unpaired) electrons. The Morgan fingerprint density at radius 3 is 2.58 bits per heavy atom. The number of nitrogens with zero attached hydrogens (tertiary/aromatic N) is 2. The molecule has 0 bridgehead atoms. The van der Waals surface area contributed by atoms with Crippen LogP contribution in [-0.4, -0.2) is 56.0 Å². The summed E-state index contributed by atoms with van der Waals surface area (Å²) in [7, 11) is 0. The second-order valence-corrected chi connectivity index (χ2v) is 7.55. The predicted molar refractivity (Wildman–Crippen MR) is 135 cm³/mol. The van der Waals surface area contributed by atoms with Gasteiger partial charge in [0.15, 0.2) is 5.96 Å². The highest BCUT2D eigenvalue weighted by atomic mass is 127. The number of amides is 1. The van der Waals surface area contributed by atoms with Gasteiger partial charge in [0.1, 0.15) is 5.76 Å². The summed E-state index contributed by atoms with van der Waals surface area (Å²) in [5.41, 5.74) is 1.76. The Labute approximate surface area is 202 Å². The van der Waals surface area contributed by atoms with E-state index in [0.717, 1.165) is 36.9 Å². The highest BCUT2D eigenvalue weighted by Gasteiger charge is 2.25. The molecule has 1 saturated heterocycles. The van der Waals surface area contributed by atoms with Crippen LogP contribution in [0.5, 0.6) is 0 Å². The zero-order chi connectivity index (χ0) is 21.2. The van der Waals surface area contributed by atoms with Crippen molar-refractivity contribution in [3.63, 3.8) is 0 Å². The molecule has 1 fully saturated rings. The summed E-state index contributed by atoms with van der Waals surface area (Å²) in [6, 6.07) is 11.7. The van der Waals surface area contributed by atoms with Crippen molar-refractivity contribution in [2.24, 2.45) is 4.99 Å². The Morgan fingerprint density at radius 2 is 1.90 bits per heavy atom. The molecule has 8 heteroatoms. The SMILES string of the molecule is CCNC(=NCC(c1ccco1)N1CCCC1)NCCNC(=O)c1cccc(C)c1.I. The molecule has 170 valence electrons. The van der Waals surface area contributed by atoms with E-state index in [2.05, 4.69) is 20.9 Å². The largest absolute Gasteiger partial charge is 0.468 e. The van der Waals surface area contributed by atoms with Gasteiger partial charge in [0, 0.05) is 25.2 Å². The molecule has 0 saturated carbocycles. The molecule has 1 unspecified atom stereocenters. The topological polar surface area (TPSA) is 81.9 Å². The molecule has 1 aromatic heterocycles. The standard InChI is InChI=1S/C23H33N5O2.HI/c1-3-24-23(26-12-11-25-22(29)19-9-6-8-18(2)16-19)27-17-20(21-10-7-15-30-21)28-13-4-5-14-28;/h6-10,15-16,20H,3-5,11-14,17H2,1-2H3,(H,25,29)(H2,24,26,27);1H. The van der Waals surface area contributed by atoms with Gasteiger partial charge in [0.25, 0.3) is 5.91 Å². The number of halogens is 1. The van der Waals surface area contributed by atoms with E-state index in [-0.39, 0.29) is 35.9 Å². The number of furan rings is 1. The van der Waals surface area contributed by atoms with Crippen LogP contribution in [0, 0.1) is 6.92 Å². The number of benzene rings is 1. The number of nitrogens with one attached hydrogen (secondary N) is 3. The van der Waals surface area contributed by atoms with Crippen molar-refractivity contribution >= 4 is 35.8 Å². The number of rotatable bonds is 9. The number of carbonyl (C=O) groups is 1. The molecular formula is C23H34IN5O2. The van der Waals surface area contributed by atoms with Crippen molar-refractivity contribution in [2.45, 2.75) is 32.7 Å². The van der Waals surface area contributed by atoms with Gasteiger partial charge < -0.3 is 20.4 Å². The summed E-state index contributed by atoms with van der Waals surface area (Å²) in [6.07, 6.45) is 4.17. The number of hydrogen-bond donors (Lipinski definition) is 3. The Balaban J connectivity index is 0.00000341. The van der Waals surface area contributed by atoms with Crippen LogP contribution in [0.3, 0.4) is 0 Å². The molecule has 1 aliphatic heterocycles. The fraction of sp³-hybridized carbons (Fsp3) is 0.478. The average molecular weight is 539 g/mol. The lowest BCUT2D eigenvalue weighted by atomic mass is 10.1. The van der Waals surface area contributed by atoms with Crippen LogP contribution in [0.4, 0.5) is 0 Å². The predicted octanol–water partition coefficient (Wildman–Crippen LogP) is 3.33. The molecule has 2 aromatic rings. The molecule has 1 aromatic carbocycles. The third kappa shape index (κ3) is 7.84. The lowest BCUT2D eigenvalue weighted by molar-refractivity contribution is 0.0954. The zero-order valence-corrected chi connectivity index (χ0v) is 20.7. The van der Waals surface area contributed by atoms with E-state index < -0.39 is 0 Å². The van der Waals surface area contributed by atoms with E-state index in [4.69, 9.17) is 9.41 Å². The van der Waals surface area contributed by atoms with Crippen molar-refractivity contribution in [1.29, 1.82) is 0 Å². The van der Waals surface area contributed by atoms with E-state index in [9.17, 15) is 4.79 Å². The summed E-state index contributed by atoms with van der Waals surface area (Å²) in [6.45, 7) is 8.70. The van der Waals surface area contributed by atoms with Crippen LogP contribution in [0.1, 0.15) is 47.5 Å². The van der Waals surface area contributed by atoms with Crippen LogP contribution in [-0.2, 0) is 0 Å². The molecule has 31 heavy (non-hydrogen) atoms. The number of aryl methyl sites for hydroxylation is 1. The Morgan fingerprint density at radius 1 is 1.13 bits per heavy atom. The number of carbonyl (C=O) groups excluding carboxylic acids is 1. The minimum absolute atomic E-state index is 0. The highest BCUT2D eigenvalue weighted by Crippen LogP contribution is 2.25. The smallest absolute Gasteiger partial charge is 0.251 e. The van der Waals surface area contributed by atoms with E-state index in [1.807, 2.05) is 50.2 Å². The van der Waals surface area contributed by atoms with Crippen molar-refractivity contribution in [2.75, 3.05) is 39.3 Å². The average Bonchev–Trinajstić information content (AvgIpc) is 3.46. The summed E-state index contributed by atoms with van der Waals surface area (Å²) in [5.74, 6) is 1.65. The van der Waals surface area contributed by atoms with Crippen LogP contribution >= 0.6 is 24.0 Å². The maximum atomic E-state index is 12.3. The molecule has 0 spiro atoms. The normalized spacial score (nSPS) is 15.2. The minimum Gasteiger partial charge on any atom is -0.468 e. The first kappa shape index (κ1) is 25.2. The molecule has 3 N–H and O–H groups in total. The van der Waals surface area contributed by atoms with Gasteiger partial charge in [-0.15, -0.1) is 24.0 Å². The maximum absolute atomic E-state index is 12.3. The lowest BCUT2D eigenvalue weighted by Gasteiger charge is -2.24. The van der Waals surface area contributed by atoms with Gasteiger partial charge in [-0.3, -0.25) is 14.7 Å². The highest BCUT2D eigenvalue weighted by molar-refractivity contribution is 14.0. The number of hydrogen-bond acceptors (Lipinski definition) is 4. The van der Waals surface area contributed by atoms with E-state index in [1.165, 1.54) is 12.8 Å². The van der Waals surface area contributed by atoms with Gasteiger partial charge in [0.05, 0.1) is 18.8 Å². The van der Waals surface area contributed by atoms with Crippen LogP contribution in [0.2, 0.25) is 0 Å². The summed E-state index contributed by atoms with van der Waals surface area (Å²) >= 11 is 0. The third-order valence-corrected chi connectivity index (χ3v) is 5.20. The lowest BCUT2D eigenvalue weighted by Crippen LogP contribution is -2.42. The van der Waals surface area contributed by atoms with Crippen molar-refractivity contribution in [3.05, 3.63) is 59.5 Å². The fourth-order valence-corrected chi connectivity index (χ4v) is 3.68. The third-order valence-electron chi connectivity index (χ3n) is 5.20. The van der Waals surface area contributed by atoms with Crippen LogP contribution in [0.15, 0.2) is 52.1 Å². The van der Waals surface area contributed by atoms with E-state index in [1.54, 1.807) is 6.26 Å². The zero-order valence-electron chi connectivity index (χ0n) is 18.4. The second-order valence-electron chi connectivity index (χ2n) is 7.55. The van der Waals surface area contributed by atoms with Gasteiger partial charge in [0.2, 0.25) is 0 Å². The van der Waals surface area contributed by atoms with Gasteiger partial charge in [-0.25, -0.2) is 0 Å². The first-order valence-corrected chi connectivity index (χ1v) is 10.8. The summed E-state index contributed by atoms with van der Waals surface area (Å²) < 4.78 is 5.68. The van der Waals surface area contributed by atoms with Gasteiger partial charge in [-0.2, -0.15) is 0 Å². The number of aliphatic imine (C=N–C) groups is 1. The van der Waals surface area contributed by atoms with Gasteiger partial charge in [-0.1, -0.05) is 17.7 Å². The Kier molecular flexibility index (Phi) is 10.9. The molecule has 3 rings (SSSR count). The minimum atomic E-state index is -0.0608. The molecule has 1 atom stereocenters. The molecule has 0 aliphatic carbocycles. The monoisotopic (exact) mass is 539 g/mol. The molecule has 2 heterocycles. The van der Waals surface area contributed by atoms with Crippen molar-refractivity contribution in [3.8, 4) is 0 Å². The maximum Gasteiger partial charge on any atom is 0.251 e. The molecule has 7 nitrogen and oxygen atoms in total. The first-order chi connectivity index (χ1) is 14.7. The van der Waals surface area contributed by atoms with E-state index in [0.29, 0.717) is 25.2 Å². The fourth-order valence-electron chi connectivity index (χ4n) is 3.68. The van der Waals surface area contributed by atoms with Gasteiger partial charge >= 0.3 is 0 Å². The molecule has 1 amide bonds. The number of guanidine groups is 1. The summed E-state index contributed by atoms with van der Waals surface area (Å²) in [4.78, 5) is 19.5. The van der Waals surface area contributed by atoms with Crippen molar-refractivity contribution < 1.29 is 9.21 Å². The van der Waals surface area contributed by atoms with Crippen LogP contribution < -0.4 is 16.0 Å². The number of likely N-dealkylation sites (tertiary alicyclic amines) is 1. The quantitative estimate of drug-likeness (QED) is 0.197. The molecular weight excluding hydrogens is 505 g/mol. The van der Waals surface area contributed by atoms with Crippen LogP contribution in [0.25, 0.3) is 0 Å². The van der Waals surface area contributed by atoms with Crippen molar-refractivity contribution in [1.82, 2.24) is 20.9 Å². The summed E-state index contributed by atoms with van der Waals surface area (Å²) in [5, 5.41) is 9.53. The second kappa shape index (κ2) is 13.4. The first-order valence-electron chi connectivity index (χ1n) is 10.8. The molecule has 1 aliphatic rings. The Bertz CT molecular complexity index is 819. The van der Waals surface area contributed by atoms with Gasteiger partial charge in [-0.05, 0) is 64.0 Å². The Hall–Kier alpha value is -2.07. The van der Waals surface area contributed by atoms with E-state index >= 15 is 0 Å².